The number of ether oxygens (including phenoxy) is 1. The van der Waals surface area contributed by atoms with E-state index in [1.165, 1.54) is 18.3 Å². The molecule has 1 amide bonds. The van der Waals surface area contributed by atoms with Crippen molar-refractivity contribution in [3.63, 3.8) is 0 Å². The molecule has 0 fully saturated rings. The molecule has 0 saturated carbocycles. The molecule has 38 heavy (non-hydrogen) atoms. The number of alkyl halides is 3. The first-order valence-electron chi connectivity index (χ1n) is 11.8. The molecule has 1 N–H and O–H groups in total. The van der Waals surface area contributed by atoms with E-state index in [1.807, 2.05) is 73.0 Å². The Balaban J connectivity index is 1.38. The molecule has 0 bridgehead atoms. The van der Waals surface area contributed by atoms with Gasteiger partial charge in [-0.05, 0) is 61.9 Å². The Bertz CT molecular complexity index is 1460. The zero-order valence-corrected chi connectivity index (χ0v) is 21.5. The molecule has 1 heterocycles. The van der Waals surface area contributed by atoms with Crippen molar-refractivity contribution in [1.82, 2.24) is 9.99 Å². The van der Waals surface area contributed by atoms with Crippen LogP contribution in [0.3, 0.4) is 0 Å². The van der Waals surface area contributed by atoms with E-state index in [9.17, 15) is 18.0 Å². The van der Waals surface area contributed by atoms with E-state index in [4.69, 9.17) is 16.3 Å². The van der Waals surface area contributed by atoms with Crippen LogP contribution in [0.2, 0.25) is 5.02 Å². The Morgan fingerprint density at radius 3 is 2.47 bits per heavy atom. The smallest absolute Gasteiger partial charge is 0.416 e. The molecule has 0 radical (unpaired) electrons. The summed E-state index contributed by atoms with van der Waals surface area (Å²) in [6, 6.07) is 21.8. The highest BCUT2D eigenvalue weighted by molar-refractivity contribution is 6.31. The van der Waals surface area contributed by atoms with Gasteiger partial charge in [-0.3, -0.25) is 4.79 Å². The lowest BCUT2D eigenvalue weighted by Gasteiger charge is -2.12. The van der Waals surface area contributed by atoms with Gasteiger partial charge >= 0.3 is 6.18 Å². The van der Waals surface area contributed by atoms with Crippen molar-refractivity contribution in [3.8, 4) is 11.4 Å². The van der Waals surface area contributed by atoms with Crippen molar-refractivity contribution in [2.24, 2.45) is 5.10 Å². The van der Waals surface area contributed by atoms with Crippen LogP contribution in [-0.4, -0.2) is 16.7 Å². The second-order valence-corrected chi connectivity index (χ2v) is 9.11. The maximum atomic E-state index is 12.9. The van der Waals surface area contributed by atoms with E-state index in [0.717, 1.165) is 40.3 Å². The van der Waals surface area contributed by atoms with Crippen LogP contribution < -0.4 is 10.2 Å². The van der Waals surface area contributed by atoms with Gasteiger partial charge in [-0.1, -0.05) is 48.0 Å². The van der Waals surface area contributed by atoms with Gasteiger partial charge in [-0.15, -0.1) is 0 Å². The van der Waals surface area contributed by atoms with Crippen LogP contribution in [0.1, 0.15) is 33.6 Å². The summed E-state index contributed by atoms with van der Waals surface area (Å²) in [6.07, 6.45) is -3.16. The molecule has 4 aromatic rings. The summed E-state index contributed by atoms with van der Waals surface area (Å²) < 4.78 is 46.6. The first-order valence-corrected chi connectivity index (χ1v) is 12.1. The Labute approximate surface area is 223 Å². The SMILES string of the molecule is Cc1cc(/C=N/NC(=O)Cc2cccc(C(F)(F)F)c2)c(C)n1-c1ccc(OCc2ccccc2Cl)cc1. The van der Waals surface area contributed by atoms with Crippen molar-refractivity contribution in [3.05, 3.63) is 118 Å². The van der Waals surface area contributed by atoms with Crippen LogP contribution in [0, 0.1) is 13.8 Å². The first-order chi connectivity index (χ1) is 18.1. The molecule has 9 heteroatoms. The van der Waals surface area contributed by atoms with Gasteiger partial charge in [0.25, 0.3) is 0 Å². The number of hydrogen-bond acceptors (Lipinski definition) is 3. The van der Waals surface area contributed by atoms with Gasteiger partial charge in [0.15, 0.2) is 0 Å². The van der Waals surface area contributed by atoms with E-state index in [0.29, 0.717) is 17.4 Å². The summed E-state index contributed by atoms with van der Waals surface area (Å²) in [6.45, 7) is 4.25. The van der Waals surface area contributed by atoms with Crippen LogP contribution in [0.15, 0.2) is 84.0 Å². The molecule has 0 spiro atoms. The zero-order valence-electron chi connectivity index (χ0n) is 20.7. The van der Waals surface area contributed by atoms with Crippen LogP contribution in [0.25, 0.3) is 5.69 Å². The number of carbonyl (C=O) groups excluding carboxylic acids is 1. The van der Waals surface area contributed by atoms with Gasteiger partial charge in [0.05, 0.1) is 18.2 Å². The highest BCUT2D eigenvalue weighted by Gasteiger charge is 2.30. The van der Waals surface area contributed by atoms with Crippen molar-refractivity contribution < 1.29 is 22.7 Å². The molecule has 0 aliphatic rings. The van der Waals surface area contributed by atoms with Gasteiger partial charge in [0.1, 0.15) is 12.4 Å². The summed E-state index contributed by atoms with van der Waals surface area (Å²) in [5.74, 6) is 0.197. The van der Waals surface area contributed by atoms with Crippen molar-refractivity contribution in [1.29, 1.82) is 0 Å². The van der Waals surface area contributed by atoms with E-state index >= 15 is 0 Å². The van der Waals surface area contributed by atoms with Crippen molar-refractivity contribution in [2.75, 3.05) is 0 Å². The van der Waals surface area contributed by atoms with E-state index in [1.54, 1.807) is 0 Å². The van der Waals surface area contributed by atoms with Crippen molar-refractivity contribution >= 4 is 23.7 Å². The molecule has 0 aliphatic carbocycles. The second-order valence-electron chi connectivity index (χ2n) is 8.70. The molecule has 1 aromatic heterocycles. The third-order valence-corrected chi connectivity index (χ3v) is 6.30. The molecule has 0 saturated heterocycles. The number of rotatable bonds is 8. The van der Waals surface area contributed by atoms with E-state index in [2.05, 4.69) is 10.5 Å². The number of nitrogens with zero attached hydrogens (tertiary/aromatic N) is 2. The largest absolute Gasteiger partial charge is 0.489 e. The Morgan fingerprint density at radius 1 is 1.03 bits per heavy atom. The van der Waals surface area contributed by atoms with Crippen LogP contribution >= 0.6 is 11.6 Å². The average molecular weight is 540 g/mol. The Kier molecular flexibility index (Phi) is 8.22. The maximum absolute atomic E-state index is 12.9. The monoisotopic (exact) mass is 539 g/mol. The molecule has 5 nitrogen and oxygen atoms in total. The molecule has 0 unspecified atom stereocenters. The molecule has 0 atom stereocenters. The van der Waals surface area contributed by atoms with Gasteiger partial charge in [-0.2, -0.15) is 18.3 Å². The number of hydrazone groups is 1. The lowest BCUT2D eigenvalue weighted by atomic mass is 10.1. The number of nitrogens with one attached hydrogen (secondary N) is 1. The van der Waals surface area contributed by atoms with Gasteiger partial charge in [-0.25, -0.2) is 5.43 Å². The number of halogens is 4. The standard InChI is InChI=1S/C29H25ClF3N3O2/c1-19-14-23(17-34-35-28(37)16-21-6-5-8-24(15-21)29(31,32)33)20(2)36(19)25-10-12-26(13-11-25)38-18-22-7-3-4-9-27(22)30/h3-15,17H,16,18H2,1-2H3,(H,35,37)/b34-17+. The maximum Gasteiger partial charge on any atom is 0.416 e. The molecule has 3 aromatic carbocycles. The first kappa shape index (κ1) is 27.0. The Morgan fingerprint density at radius 2 is 1.76 bits per heavy atom. The number of benzene rings is 3. The highest BCUT2D eigenvalue weighted by atomic mass is 35.5. The minimum atomic E-state index is -4.46. The quantitative estimate of drug-likeness (QED) is 0.193. The third kappa shape index (κ3) is 6.63. The summed E-state index contributed by atoms with van der Waals surface area (Å²) in [5.41, 5.74) is 6.34. The van der Waals surface area contributed by atoms with Crippen LogP contribution in [0.4, 0.5) is 13.2 Å². The summed E-state index contributed by atoms with van der Waals surface area (Å²) in [5, 5.41) is 4.66. The number of aromatic nitrogens is 1. The molecule has 196 valence electrons. The lowest BCUT2D eigenvalue weighted by Crippen LogP contribution is -2.20. The second kappa shape index (κ2) is 11.6. The lowest BCUT2D eigenvalue weighted by molar-refractivity contribution is -0.137. The molecule has 4 rings (SSSR count). The fourth-order valence-electron chi connectivity index (χ4n) is 4.04. The van der Waals surface area contributed by atoms with E-state index in [-0.39, 0.29) is 12.0 Å². The average Bonchev–Trinajstić information content (AvgIpc) is 3.16. The zero-order chi connectivity index (χ0) is 27.3. The number of carbonyl (C=O) groups is 1. The number of aryl methyl sites for hydroxylation is 1. The molecular weight excluding hydrogens is 515 g/mol. The minimum Gasteiger partial charge on any atom is -0.489 e. The summed E-state index contributed by atoms with van der Waals surface area (Å²) in [4.78, 5) is 12.2. The number of amides is 1. The van der Waals surface area contributed by atoms with Gasteiger partial charge in [0, 0.05) is 33.2 Å². The van der Waals surface area contributed by atoms with Crippen LogP contribution in [0.5, 0.6) is 5.75 Å². The molecular formula is C29H25ClF3N3O2. The van der Waals surface area contributed by atoms with Crippen LogP contribution in [-0.2, 0) is 24.0 Å². The fraction of sp³-hybridized carbons (Fsp3) is 0.172. The predicted octanol–water partition coefficient (Wildman–Crippen LogP) is 7.04. The third-order valence-electron chi connectivity index (χ3n) is 5.93. The highest BCUT2D eigenvalue weighted by Crippen LogP contribution is 2.29. The topological polar surface area (TPSA) is 55.6 Å². The summed E-state index contributed by atoms with van der Waals surface area (Å²) in [7, 11) is 0. The van der Waals surface area contributed by atoms with Gasteiger partial charge in [0.2, 0.25) is 5.91 Å². The predicted molar refractivity (Wildman–Crippen MR) is 142 cm³/mol. The summed E-state index contributed by atoms with van der Waals surface area (Å²) >= 11 is 6.19. The normalized spacial score (nSPS) is 11.6. The number of hydrogen-bond donors (Lipinski definition) is 1. The minimum absolute atomic E-state index is 0.217. The van der Waals surface area contributed by atoms with E-state index < -0.39 is 17.6 Å². The Hall–Kier alpha value is -4.04. The van der Waals surface area contributed by atoms with Gasteiger partial charge < -0.3 is 9.30 Å². The van der Waals surface area contributed by atoms with Crippen molar-refractivity contribution in [2.45, 2.75) is 33.1 Å². The fourth-order valence-corrected chi connectivity index (χ4v) is 4.23. The molecule has 0 aliphatic heterocycles.